The molecule has 0 saturated carbocycles. The van der Waals surface area contributed by atoms with Gasteiger partial charge >= 0.3 is 0 Å². The average Bonchev–Trinajstić information content (AvgIpc) is 2.04. The van der Waals surface area contributed by atoms with Crippen molar-refractivity contribution in [1.82, 2.24) is 0 Å². The number of hydrogen-bond donors (Lipinski definition) is 1. The lowest BCUT2D eigenvalue weighted by molar-refractivity contribution is 0.606. The van der Waals surface area contributed by atoms with E-state index in [2.05, 4.69) is 4.72 Å². The topological polar surface area (TPSA) is 46.2 Å². The van der Waals surface area contributed by atoms with Crippen molar-refractivity contribution in [2.24, 2.45) is 0 Å². The van der Waals surface area contributed by atoms with Crippen molar-refractivity contribution in [3.05, 3.63) is 28.5 Å². The Morgan fingerprint density at radius 1 is 1.43 bits per heavy atom. The largest absolute Gasteiger partial charge is 0.282 e. The minimum atomic E-state index is -3.39. The first kappa shape index (κ1) is 11.3. The molecule has 0 aliphatic heterocycles. The maximum absolute atomic E-state index is 12.9. The van der Waals surface area contributed by atoms with Crippen LogP contribution >= 0.6 is 11.6 Å². The van der Waals surface area contributed by atoms with E-state index in [9.17, 15) is 12.8 Å². The fourth-order valence-corrected chi connectivity index (χ4v) is 1.77. The van der Waals surface area contributed by atoms with Gasteiger partial charge in [0.2, 0.25) is 10.0 Å². The molecule has 1 aromatic rings. The van der Waals surface area contributed by atoms with E-state index in [1.807, 2.05) is 0 Å². The maximum Gasteiger partial charge on any atom is 0.229 e. The summed E-state index contributed by atoms with van der Waals surface area (Å²) in [5.41, 5.74) is 0.411. The molecule has 6 heteroatoms. The second-order valence-electron chi connectivity index (χ2n) is 2.91. The zero-order valence-corrected chi connectivity index (χ0v) is 9.21. The van der Waals surface area contributed by atoms with Crippen molar-refractivity contribution in [3.8, 4) is 0 Å². The summed E-state index contributed by atoms with van der Waals surface area (Å²) in [6.45, 7) is 1.48. The normalized spacial score (nSPS) is 11.4. The average molecular weight is 238 g/mol. The number of benzene rings is 1. The van der Waals surface area contributed by atoms with Crippen molar-refractivity contribution < 1.29 is 12.8 Å². The summed E-state index contributed by atoms with van der Waals surface area (Å²) < 4.78 is 36.9. The minimum Gasteiger partial charge on any atom is -0.282 e. The standard InChI is InChI=1S/C8H9ClFNO2S/c1-5-6(10)3-4-7(8(5)9)11-14(2,12)13/h3-4,11H,1-2H3. The highest BCUT2D eigenvalue weighted by molar-refractivity contribution is 7.92. The summed E-state index contributed by atoms with van der Waals surface area (Å²) in [4.78, 5) is 0. The molecule has 1 aromatic carbocycles. The lowest BCUT2D eigenvalue weighted by Crippen LogP contribution is -2.10. The molecule has 0 bridgehead atoms. The van der Waals surface area contributed by atoms with Gasteiger partial charge < -0.3 is 0 Å². The van der Waals surface area contributed by atoms with Gasteiger partial charge in [-0.15, -0.1) is 0 Å². The van der Waals surface area contributed by atoms with Gasteiger partial charge in [0.15, 0.2) is 0 Å². The highest BCUT2D eigenvalue weighted by Crippen LogP contribution is 2.27. The van der Waals surface area contributed by atoms with Crippen LogP contribution in [0, 0.1) is 12.7 Å². The van der Waals surface area contributed by atoms with Crippen LogP contribution in [0.2, 0.25) is 5.02 Å². The molecule has 3 nitrogen and oxygen atoms in total. The predicted molar refractivity (Wildman–Crippen MR) is 54.6 cm³/mol. The van der Waals surface area contributed by atoms with Crippen LogP contribution in [0.3, 0.4) is 0 Å². The van der Waals surface area contributed by atoms with E-state index in [0.29, 0.717) is 0 Å². The van der Waals surface area contributed by atoms with Gasteiger partial charge in [-0.05, 0) is 19.1 Å². The molecule has 0 unspecified atom stereocenters. The first-order chi connectivity index (χ1) is 6.31. The minimum absolute atomic E-state index is 0.0791. The summed E-state index contributed by atoms with van der Waals surface area (Å²) in [6.07, 6.45) is 1.00. The maximum atomic E-state index is 12.9. The molecular weight excluding hydrogens is 229 g/mol. The highest BCUT2D eigenvalue weighted by Gasteiger charge is 2.10. The molecule has 0 fully saturated rings. The molecule has 0 heterocycles. The van der Waals surface area contributed by atoms with Crippen molar-refractivity contribution in [2.45, 2.75) is 6.92 Å². The van der Waals surface area contributed by atoms with E-state index in [0.717, 1.165) is 12.3 Å². The van der Waals surface area contributed by atoms with Gasteiger partial charge in [0, 0.05) is 5.56 Å². The first-order valence-electron chi connectivity index (χ1n) is 3.73. The van der Waals surface area contributed by atoms with Crippen LogP contribution in [0.4, 0.5) is 10.1 Å². The van der Waals surface area contributed by atoms with Crippen LogP contribution in [0.25, 0.3) is 0 Å². The summed E-state index contributed by atoms with van der Waals surface area (Å²) in [7, 11) is -3.39. The van der Waals surface area contributed by atoms with E-state index < -0.39 is 15.8 Å². The van der Waals surface area contributed by atoms with Crippen LogP contribution in [-0.2, 0) is 10.0 Å². The zero-order valence-electron chi connectivity index (χ0n) is 7.64. The Morgan fingerprint density at radius 3 is 2.50 bits per heavy atom. The molecule has 0 aromatic heterocycles. The fraction of sp³-hybridized carbons (Fsp3) is 0.250. The van der Waals surface area contributed by atoms with Crippen molar-refractivity contribution >= 4 is 27.3 Å². The van der Waals surface area contributed by atoms with Gasteiger partial charge in [-0.1, -0.05) is 11.6 Å². The zero-order chi connectivity index (χ0) is 10.9. The molecule has 1 N–H and O–H groups in total. The molecule has 78 valence electrons. The highest BCUT2D eigenvalue weighted by atomic mass is 35.5. The van der Waals surface area contributed by atoms with Gasteiger partial charge in [0.05, 0.1) is 17.0 Å². The molecule has 0 aliphatic rings. The van der Waals surface area contributed by atoms with Crippen molar-refractivity contribution in [1.29, 1.82) is 0 Å². The summed E-state index contributed by atoms with van der Waals surface area (Å²) in [6, 6.07) is 2.44. The lowest BCUT2D eigenvalue weighted by atomic mass is 10.2. The Balaban J connectivity index is 3.19. The third-order valence-electron chi connectivity index (χ3n) is 1.62. The Morgan fingerprint density at radius 2 is 2.00 bits per heavy atom. The first-order valence-corrected chi connectivity index (χ1v) is 6.00. The summed E-state index contributed by atoms with van der Waals surface area (Å²) in [5.74, 6) is -0.464. The number of nitrogens with one attached hydrogen (secondary N) is 1. The van der Waals surface area contributed by atoms with Gasteiger partial charge in [-0.25, -0.2) is 12.8 Å². The van der Waals surface area contributed by atoms with E-state index in [4.69, 9.17) is 11.6 Å². The van der Waals surface area contributed by atoms with E-state index >= 15 is 0 Å². The van der Waals surface area contributed by atoms with Gasteiger partial charge in [-0.2, -0.15) is 0 Å². The van der Waals surface area contributed by atoms with Crippen molar-refractivity contribution in [3.63, 3.8) is 0 Å². The number of halogens is 2. The van der Waals surface area contributed by atoms with Crippen LogP contribution in [0.15, 0.2) is 12.1 Å². The van der Waals surface area contributed by atoms with E-state index in [1.54, 1.807) is 0 Å². The Bertz CT molecular complexity index is 459. The van der Waals surface area contributed by atoms with Crippen LogP contribution in [-0.4, -0.2) is 14.7 Å². The fourth-order valence-electron chi connectivity index (χ4n) is 0.940. The quantitative estimate of drug-likeness (QED) is 0.857. The number of anilines is 1. The number of sulfonamides is 1. The van der Waals surface area contributed by atoms with Gasteiger partial charge in [-0.3, -0.25) is 4.72 Å². The summed E-state index contributed by atoms with van der Waals surface area (Å²) >= 11 is 5.74. The second kappa shape index (κ2) is 3.74. The second-order valence-corrected chi connectivity index (χ2v) is 5.03. The lowest BCUT2D eigenvalue weighted by Gasteiger charge is -2.08. The van der Waals surface area contributed by atoms with E-state index in [1.165, 1.54) is 13.0 Å². The summed E-state index contributed by atoms with van der Waals surface area (Å²) in [5, 5.41) is 0.0791. The van der Waals surface area contributed by atoms with E-state index in [-0.39, 0.29) is 16.3 Å². The number of rotatable bonds is 2. The molecule has 0 spiro atoms. The Labute approximate surface area is 86.9 Å². The van der Waals surface area contributed by atoms with Crippen LogP contribution in [0.1, 0.15) is 5.56 Å². The molecular formula is C8H9ClFNO2S. The monoisotopic (exact) mass is 237 g/mol. The molecule has 1 rings (SSSR count). The molecule has 0 aliphatic carbocycles. The smallest absolute Gasteiger partial charge is 0.229 e. The third kappa shape index (κ3) is 2.59. The van der Waals surface area contributed by atoms with Gasteiger partial charge in [0.1, 0.15) is 5.82 Å². The third-order valence-corrected chi connectivity index (χ3v) is 2.69. The molecule has 0 amide bonds. The Kier molecular flexibility index (Phi) is 3.01. The molecule has 0 atom stereocenters. The van der Waals surface area contributed by atoms with Crippen LogP contribution in [0.5, 0.6) is 0 Å². The van der Waals surface area contributed by atoms with Crippen LogP contribution < -0.4 is 4.72 Å². The van der Waals surface area contributed by atoms with Gasteiger partial charge in [0.25, 0.3) is 0 Å². The number of hydrogen-bond acceptors (Lipinski definition) is 2. The van der Waals surface area contributed by atoms with Crippen molar-refractivity contribution in [2.75, 3.05) is 11.0 Å². The molecule has 0 radical (unpaired) electrons. The Hall–Kier alpha value is -0.810. The molecule has 0 saturated heterocycles. The molecule has 14 heavy (non-hydrogen) atoms. The SMILES string of the molecule is Cc1c(F)ccc(NS(C)(=O)=O)c1Cl. The predicted octanol–water partition coefficient (Wildman–Crippen LogP) is 2.16.